The van der Waals surface area contributed by atoms with E-state index in [0.717, 1.165) is 24.0 Å². The lowest BCUT2D eigenvalue weighted by Gasteiger charge is -2.28. The van der Waals surface area contributed by atoms with E-state index < -0.39 is 5.69 Å². The van der Waals surface area contributed by atoms with Crippen molar-refractivity contribution in [2.45, 2.75) is 45.3 Å². The van der Waals surface area contributed by atoms with Crippen LogP contribution in [-0.4, -0.2) is 34.1 Å². The van der Waals surface area contributed by atoms with Crippen LogP contribution in [0.2, 0.25) is 0 Å². The molecule has 2 unspecified atom stereocenters. The van der Waals surface area contributed by atoms with Gasteiger partial charge in [-0.05, 0) is 51.4 Å². The highest BCUT2D eigenvalue weighted by atomic mass is 35.5. The van der Waals surface area contributed by atoms with Crippen molar-refractivity contribution in [2.24, 2.45) is 0 Å². The average Bonchev–Trinajstić information content (AvgIpc) is 2.54. The molecule has 2 aromatic rings. The number of rotatable bonds is 3. The third-order valence-corrected chi connectivity index (χ3v) is 4.52. The van der Waals surface area contributed by atoms with E-state index in [0.29, 0.717) is 29.1 Å². The van der Waals surface area contributed by atoms with Gasteiger partial charge in [-0.15, -0.1) is 12.4 Å². The molecule has 8 heteroatoms. The maximum atomic E-state index is 12.4. The predicted molar refractivity (Wildman–Crippen MR) is 99.7 cm³/mol. The van der Waals surface area contributed by atoms with Gasteiger partial charge in [0.05, 0.1) is 10.9 Å². The topological polar surface area (TPSA) is 96.0 Å². The van der Waals surface area contributed by atoms with Crippen LogP contribution in [0.5, 0.6) is 0 Å². The van der Waals surface area contributed by atoms with Gasteiger partial charge in [-0.3, -0.25) is 14.2 Å². The van der Waals surface area contributed by atoms with Crippen LogP contribution in [0.15, 0.2) is 27.8 Å². The molecule has 0 radical (unpaired) electrons. The fourth-order valence-electron chi connectivity index (χ4n) is 3.21. The number of aromatic nitrogens is 2. The van der Waals surface area contributed by atoms with E-state index in [4.69, 9.17) is 0 Å². The van der Waals surface area contributed by atoms with Gasteiger partial charge >= 0.3 is 5.69 Å². The first kappa shape index (κ1) is 19.2. The summed E-state index contributed by atoms with van der Waals surface area (Å²) in [6.07, 6.45) is 1.78. The van der Waals surface area contributed by atoms with Crippen LogP contribution in [0.25, 0.3) is 10.9 Å². The van der Waals surface area contributed by atoms with Crippen molar-refractivity contribution < 1.29 is 4.79 Å². The molecule has 0 saturated carbocycles. The zero-order valence-corrected chi connectivity index (χ0v) is 15.1. The molecule has 7 nitrogen and oxygen atoms in total. The molecule has 136 valence electrons. The molecule has 2 atom stereocenters. The number of amides is 1. The van der Waals surface area contributed by atoms with Crippen molar-refractivity contribution in [1.29, 1.82) is 0 Å². The number of hydrogen-bond donors (Lipinski definition) is 3. The van der Waals surface area contributed by atoms with Crippen molar-refractivity contribution in [3.63, 3.8) is 0 Å². The van der Waals surface area contributed by atoms with Gasteiger partial charge in [0.2, 0.25) is 0 Å². The van der Waals surface area contributed by atoms with Crippen LogP contribution < -0.4 is 21.9 Å². The van der Waals surface area contributed by atoms with Gasteiger partial charge < -0.3 is 15.6 Å². The summed E-state index contributed by atoms with van der Waals surface area (Å²) in [5.41, 5.74) is 0.0362. The summed E-state index contributed by atoms with van der Waals surface area (Å²) in [5, 5.41) is 6.78. The minimum Gasteiger partial charge on any atom is -0.349 e. The minimum absolute atomic E-state index is 0. The molecule has 0 spiro atoms. The smallest absolute Gasteiger partial charge is 0.328 e. The SMILES string of the molecule is CCn1c(=O)[nH]c2cc(C(=O)NC3CCNC(C)C3)ccc2c1=O.Cl. The molecule has 1 saturated heterocycles. The van der Waals surface area contributed by atoms with Gasteiger partial charge in [0.1, 0.15) is 0 Å². The van der Waals surface area contributed by atoms with E-state index in [1.165, 1.54) is 0 Å². The van der Waals surface area contributed by atoms with Gasteiger partial charge in [-0.25, -0.2) is 4.79 Å². The van der Waals surface area contributed by atoms with E-state index in [9.17, 15) is 14.4 Å². The first-order valence-electron chi connectivity index (χ1n) is 8.30. The molecule has 0 bridgehead atoms. The van der Waals surface area contributed by atoms with Crippen LogP contribution in [0.4, 0.5) is 0 Å². The monoisotopic (exact) mass is 366 g/mol. The highest BCUT2D eigenvalue weighted by Crippen LogP contribution is 2.12. The van der Waals surface area contributed by atoms with Crippen LogP contribution in [-0.2, 0) is 6.54 Å². The molecule has 2 heterocycles. The molecule has 25 heavy (non-hydrogen) atoms. The zero-order chi connectivity index (χ0) is 17.3. The fourth-order valence-corrected chi connectivity index (χ4v) is 3.21. The van der Waals surface area contributed by atoms with E-state index in [1.54, 1.807) is 25.1 Å². The largest absolute Gasteiger partial charge is 0.349 e. The van der Waals surface area contributed by atoms with E-state index in [-0.39, 0.29) is 29.9 Å². The summed E-state index contributed by atoms with van der Waals surface area (Å²) in [6, 6.07) is 5.31. The molecule has 3 N–H and O–H groups in total. The lowest BCUT2D eigenvalue weighted by Crippen LogP contribution is -2.46. The van der Waals surface area contributed by atoms with Crippen molar-refractivity contribution in [3.8, 4) is 0 Å². The van der Waals surface area contributed by atoms with E-state index in [1.807, 2.05) is 0 Å². The van der Waals surface area contributed by atoms with Gasteiger partial charge in [0.15, 0.2) is 0 Å². The molecular formula is C17H23ClN4O3. The number of nitrogens with zero attached hydrogens (tertiary/aromatic N) is 1. The molecule has 0 aliphatic carbocycles. The molecule has 1 amide bonds. The Balaban J connectivity index is 0.00000225. The maximum absolute atomic E-state index is 12.4. The molecule has 1 aliphatic rings. The third kappa shape index (κ3) is 3.93. The van der Waals surface area contributed by atoms with Gasteiger partial charge in [0.25, 0.3) is 11.5 Å². The predicted octanol–water partition coefficient (Wildman–Crippen LogP) is 1.00. The van der Waals surface area contributed by atoms with Crippen molar-refractivity contribution >= 4 is 29.2 Å². The molecule has 1 aromatic carbocycles. The molecule has 3 rings (SSSR count). The first-order valence-corrected chi connectivity index (χ1v) is 8.30. The number of H-pyrrole nitrogens is 1. The second-order valence-corrected chi connectivity index (χ2v) is 6.29. The third-order valence-electron chi connectivity index (χ3n) is 4.52. The molecular weight excluding hydrogens is 344 g/mol. The van der Waals surface area contributed by atoms with Crippen molar-refractivity contribution in [1.82, 2.24) is 20.2 Å². The Morgan fingerprint density at radius 1 is 1.36 bits per heavy atom. The molecule has 1 fully saturated rings. The van der Waals surface area contributed by atoms with Crippen LogP contribution in [0.1, 0.15) is 37.0 Å². The first-order chi connectivity index (χ1) is 11.5. The lowest BCUT2D eigenvalue weighted by atomic mass is 10.00. The summed E-state index contributed by atoms with van der Waals surface area (Å²) in [4.78, 5) is 39.3. The second-order valence-electron chi connectivity index (χ2n) is 6.29. The van der Waals surface area contributed by atoms with Gasteiger partial charge in [-0.2, -0.15) is 0 Å². The van der Waals surface area contributed by atoms with Crippen LogP contribution in [0, 0.1) is 0 Å². The summed E-state index contributed by atoms with van der Waals surface area (Å²) >= 11 is 0. The summed E-state index contributed by atoms with van der Waals surface area (Å²) in [5.74, 6) is -0.184. The number of nitrogens with one attached hydrogen (secondary N) is 3. The zero-order valence-electron chi connectivity index (χ0n) is 14.3. The normalized spacial score (nSPS) is 20.1. The van der Waals surface area contributed by atoms with Crippen LogP contribution in [0.3, 0.4) is 0 Å². The lowest BCUT2D eigenvalue weighted by molar-refractivity contribution is 0.0926. The maximum Gasteiger partial charge on any atom is 0.328 e. The Morgan fingerprint density at radius 2 is 2.12 bits per heavy atom. The number of carbonyl (C=O) groups excluding carboxylic acids is 1. The number of benzene rings is 1. The highest BCUT2D eigenvalue weighted by Gasteiger charge is 2.20. The Kier molecular flexibility index (Phi) is 6.02. The number of fused-ring (bicyclic) bond motifs is 1. The average molecular weight is 367 g/mol. The van der Waals surface area contributed by atoms with Crippen LogP contribution >= 0.6 is 12.4 Å². The number of halogens is 1. The number of hydrogen-bond acceptors (Lipinski definition) is 4. The van der Waals surface area contributed by atoms with Gasteiger partial charge in [-0.1, -0.05) is 0 Å². The standard InChI is InChI=1S/C17H22N4O3.ClH/c1-3-21-16(23)13-5-4-11(9-14(13)20-17(21)24)15(22)19-12-6-7-18-10(2)8-12;/h4-5,9-10,12,18H,3,6-8H2,1-2H3,(H,19,22)(H,20,24);1H. The molecule has 1 aromatic heterocycles. The summed E-state index contributed by atoms with van der Waals surface area (Å²) < 4.78 is 1.14. The number of piperidine rings is 1. The Hall–Kier alpha value is -2.12. The summed E-state index contributed by atoms with van der Waals surface area (Å²) in [7, 11) is 0. The second kappa shape index (κ2) is 7.84. The van der Waals surface area contributed by atoms with Crippen molar-refractivity contribution in [3.05, 3.63) is 44.6 Å². The number of aromatic amines is 1. The molecule has 1 aliphatic heterocycles. The van der Waals surface area contributed by atoms with E-state index >= 15 is 0 Å². The highest BCUT2D eigenvalue weighted by molar-refractivity contribution is 5.97. The quantitative estimate of drug-likeness (QED) is 0.755. The van der Waals surface area contributed by atoms with Gasteiger partial charge in [0, 0.05) is 24.2 Å². The fraction of sp³-hybridized carbons (Fsp3) is 0.471. The van der Waals surface area contributed by atoms with E-state index in [2.05, 4.69) is 22.5 Å². The minimum atomic E-state index is -0.459. The Morgan fingerprint density at radius 3 is 2.80 bits per heavy atom. The summed E-state index contributed by atoms with van der Waals surface area (Å²) in [6.45, 7) is 5.02. The Bertz CT molecular complexity index is 890. The van der Waals surface area contributed by atoms with Crippen molar-refractivity contribution in [2.75, 3.05) is 6.54 Å². The number of carbonyl (C=O) groups is 1. The Labute approximate surface area is 151 Å².